The molecule has 6 rings (SSSR count). The predicted octanol–water partition coefficient (Wildman–Crippen LogP) is 7.22. The molecule has 0 atom stereocenters. The zero-order valence-electron chi connectivity index (χ0n) is 20.7. The quantitative estimate of drug-likeness (QED) is 0.248. The van der Waals surface area contributed by atoms with Crippen molar-refractivity contribution in [1.82, 2.24) is 0 Å². The van der Waals surface area contributed by atoms with Gasteiger partial charge in [0.15, 0.2) is 14.3 Å². The van der Waals surface area contributed by atoms with E-state index in [1.165, 1.54) is 0 Å². The SMILES string of the molecule is O=P(C1=CC=C/C1=C1\C=CC=C1P(=O)(c1ccccc1)c1ccccc1)(c1ccccc1)c1ccccc1. The molecule has 2 aliphatic carbocycles. The second kappa shape index (κ2) is 10.1. The van der Waals surface area contributed by atoms with Crippen molar-refractivity contribution in [2.45, 2.75) is 0 Å². The van der Waals surface area contributed by atoms with Gasteiger partial charge in [0, 0.05) is 31.8 Å². The predicted molar refractivity (Wildman–Crippen MR) is 161 cm³/mol. The summed E-state index contributed by atoms with van der Waals surface area (Å²) >= 11 is 0. The summed E-state index contributed by atoms with van der Waals surface area (Å²) in [7, 11) is -6.43. The van der Waals surface area contributed by atoms with Crippen LogP contribution in [0, 0.1) is 0 Å². The topological polar surface area (TPSA) is 34.1 Å². The summed E-state index contributed by atoms with van der Waals surface area (Å²) in [5.41, 5.74) is 1.71. The maximum Gasteiger partial charge on any atom is 0.171 e. The van der Waals surface area contributed by atoms with E-state index in [-0.39, 0.29) is 0 Å². The summed E-state index contributed by atoms with van der Waals surface area (Å²) in [4.78, 5) is 0. The van der Waals surface area contributed by atoms with E-state index in [2.05, 4.69) is 0 Å². The van der Waals surface area contributed by atoms with E-state index in [9.17, 15) is 0 Å². The molecule has 0 bridgehead atoms. The minimum Gasteiger partial charge on any atom is -0.309 e. The van der Waals surface area contributed by atoms with Gasteiger partial charge in [-0.25, -0.2) is 0 Å². The maximum atomic E-state index is 15.2. The van der Waals surface area contributed by atoms with Gasteiger partial charge in [-0.3, -0.25) is 0 Å². The van der Waals surface area contributed by atoms with Gasteiger partial charge in [-0.15, -0.1) is 0 Å². The largest absolute Gasteiger partial charge is 0.309 e. The molecule has 2 nitrogen and oxygen atoms in total. The van der Waals surface area contributed by atoms with Crippen LogP contribution in [0.25, 0.3) is 0 Å². The highest BCUT2D eigenvalue weighted by atomic mass is 31.2. The molecule has 0 aliphatic heterocycles. The van der Waals surface area contributed by atoms with E-state index < -0.39 is 14.3 Å². The van der Waals surface area contributed by atoms with Gasteiger partial charge in [0.05, 0.1) is 0 Å². The lowest BCUT2D eigenvalue weighted by molar-refractivity contribution is 0.589. The summed E-state index contributed by atoms with van der Waals surface area (Å²) in [6.45, 7) is 0. The first kappa shape index (κ1) is 24.4. The van der Waals surface area contributed by atoms with E-state index in [0.717, 1.165) is 43.0 Å². The maximum absolute atomic E-state index is 15.2. The van der Waals surface area contributed by atoms with Crippen LogP contribution < -0.4 is 21.2 Å². The molecule has 0 saturated heterocycles. The monoisotopic (exact) mass is 528 g/mol. The molecule has 2 aliphatic rings. The molecule has 0 amide bonds. The number of benzene rings is 4. The third kappa shape index (κ3) is 3.98. The van der Waals surface area contributed by atoms with Gasteiger partial charge in [0.25, 0.3) is 0 Å². The van der Waals surface area contributed by atoms with Crippen LogP contribution in [-0.4, -0.2) is 0 Å². The molecule has 0 fully saturated rings. The smallest absolute Gasteiger partial charge is 0.171 e. The van der Waals surface area contributed by atoms with Crippen molar-refractivity contribution in [1.29, 1.82) is 0 Å². The molecule has 0 saturated carbocycles. The van der Waals surface area contributed by atoms with Gasteiger partial charge in [-0.2, -0.15) is 0 Å². The van der Waals surface area contributed by atoms with Crippen LogP contribution in [0.4, 0.5) is 0 Å². The molecule has 4 aromatic carbocycles. The second-order valence-corrected chi connectivity index (χ2v) is 14.7. The molecule has 4 aromatic rings. The summed E-state index contributed by atoms with van der Waals surface area (Å²) in [6, 6.07) is 38.7. The summed E-state index contributed by atoms with van der Waals surface area (Å²) in [5.74, 6) is 0. The Hall–Kier alpha value is -3.96. The van der Waals surface area contributed by atoms with Crippen molar-refractivity contribution >= 4 is 35.5 Å². The van der Waals surface area contributed by atoms with Crippen molar-refractivity contribution in [3.05, 3.63) is 180 Å². The molecule has 0 radical (unpaired) electrons. The summed E-state index contributed by atoms with van der Waals surface area (Å²) in [5, 5.41) is 4.63. The van der Waals surface area contributed by atoms with Crippen molar-refractivity contribution in [3.8, 4) is 0 Å². The van der Waals surface area contributed by atoms with Crippen molar-refractivity contribution in [3.63, 3.8) is 0 Å². The van der Waals surface area contributed by atoms with Crippen LogP contribution in [0.5, 0.6) is 0 Å². The molecule has 0 N–H and O–H groups in total. The highest BCUT2D eigenvalue weighted by Gasteiger charge is 2.39. The van der Waals surface area contributed by atoms with Crippen LogP contribution in [-0.2, 0) is 9.13 Å². The lowest BCUT2D eigenvalue weighted by atomic mass is 10.1. The van der Waals surface area contributed by atoms with Crippen LogP contribution in [0.1, 0.15) is 0 Å². The minimum absolute atomic E-state index is 0.759. The Balaban J connectivity index is 1.57. The van der Waals surface area contributed by atoms with Gasteiger partial charge in [0.2, 0.25) is 0 Å². The number of hydrogen-bond donors (Lipinski definition) is 0. The van der Waals surface area contributed by atoms with E-state index in [1.54, 1.807) is 0 Å². The van der Waals surface area contributed by atoms with E-state index in [4.69, 9.17) is 0 Å². The van der Waals surface area contributed by atoms with E-state index >= 15 is 9.13 Å². The molecule has 0 spiro atoms. The Morgan fingerprint density at radius 3 is 0.895 bits per heavy atom. The highest BCUT2D eigenvalue weighted by Crippen LogP contribution is 2.61. The Labute approximate surface area is 223 Å². The van der Waals surface area contributed by atoms with E-state index in [0.29, 0.717) is 0 Å². The van der Waals surface area contributed by atoms with Gasteiger partial charge < -0.3 is 9.13 Å². The Morgan fingerprint density at radius 1 is 0.368 bits per heavy atom. The molecular weight excluding hydrogens is 502 g/mol. The lowest BCUT2D eigenvalue weighted by Gasteiger charge is -2.26. The molecule has 4 heteroatoms. The van der Waals surface area contributed by atoms with Gasteiger partial charge >= 0.3 is 0 Å². The third-order valence-electron chi connectivity index (χ3n) is 7.03. The van der Waals surface area contributed by atoms with Crippen LogP contribution >= 0.6 is 14.3 Å². The fourth-order valence-electron chi connectivity index (χ4n) is 5.23. The van der Waals surface area contributed by atoms with Gasteiger partial charge in [-0.05, 0) is 11.1 Å². The zero-order chi connectivity index (χ0) is 26.0. The number of rotatable bonds is 6. The van der Waals surface area contributed by atoms with E-state index in [1.807, 2.05) is 158 Å². The Bertz CT molecular complexity index is 1510. The Morgan fingerprint density at radius 2 is 0.632 bits per heavy atom. The molecular formula is C34H26O2P2. The number of hydrogen-bond acceptors (Lipinski definition) is 2. The average Bonchev–Trinajstić information content (AvgIpc) is 3.69. The molecule has 0 unspecified atom stereocenters. The van der Waals surface area contributed by atoms with Crippen molar-refractivity contribution < 1.29 is 9.13 Å². The Kier molecular flexibility index (Phi) is 6.46. The standard InChI is InChI=1S/C34H26O2P2/c35-37(27-15-5-1-6-16-27,28-17-7-2-8-18-28)33-25-13-23-31(33)32-24-14-26-34(32)38(36,29-19-9-3-10-20-29)30-21-11-4-12-22-30/h1-26H/b32-31-. The highest BCUT2D eigenvalue weighted by molar-refractivity contribution is 7.83. The fourth-order valence-corrected chi connectivity index (χ4v) is 11.0. The van der Waals surface area contributed by atoms with Crippen LogP contribution in [0.2, 0.25) is 0 Å². The molecule has 38 heavy (non-hydrogen) atoms. The normalized spacial score (nSPS) is 16.9. The zero-order valence-corrected chi connectivity index (χ0v) is 22.5. The van der Waals surface area contributed by atoms with Gasteiger partial charge in [0.1, 0.15) is 0 Å². The lowest BCUT2D eigenvalue weighted by Crippen LogP contribution is -2.19. The number of allylic oxidation sites excluding steroid dienone is 10. The van der Waals surface area contributed by atoms with Crippen molar-refractivity contribution in [2.75, 3.05) is 0 Å². The first-order valence-corrected chi connectivity index (χ1v) is 16.0. The van der Waals surface area contributed by atoms with Crippen molar-refractivity contribution in [2.24, 2.45) is 0 Å². The molecule has 0 aromatic heterocycles. The summed E-state index contributed by atoms with van der Waals surface area (Å²) < 4.78 is 30.5. The average molecular weight is 529 g/mol. The van der Waals surface area contributed by atoms with Gasteiger partial charge in [-0.1, -0.05) is 158 Å². The first-order chi connectivity index (χ1) is 18.6. The second-order valence-electron chi connectivity index (χ2n) is 9.21. The third-order valence-corrected chi connectivity index (χ3v) is 13.3. The minimum atomic E-state index is -3.21. The fraction of sp³-hybridized carbons (Fsp3) is 0. The first-order valence-electron chi connectivity index (χ1n) is 12.6. The molecule has 0 heterocycles. The summed E-state index contributed by atoms with van der Waals surface area (Å²) in [6.07, 6.45) is 11.8. The van der Waals surface area contributed by atoms with Crippen LogP contribution in [0.15, 0.2) is 180 Å². The molecule has 184 valence electrons. The van der Waals surface area contributed by atoms with Crippen LogP contribution in [0.3, 0.4) is 0 Å².